The number of methoxy groups -OCH3 is 1. The maximum atomic E-state index is 11.0. The molecule has 2 rings (SSSR count). The van der Waals surface area contributed by atoms with E-state index in [0.29, 0.717) is 16.5 Å². The molecule has 4 heteroatoms. The van der Waals surface area contributed by atoms with Crippen molar-refractivity contribution in [2.45, 2.75) is 0 Å². The first-order chi connectivity index (χ1) is 7.20. The second kappa shape index (κ2) is 3.59. The molecule has 3 nitrogen and oxygen atoms in total. The second-order valence-electron chi connectivity index (χ2n) is 3.24. The topological polar surface area (TPSA) is 31.2 Å². The van der Waals surface area contributed by atoms with Gasteiger partial charge in [0.1, 0.15) is 10.9 Å². The molecule has 0 saturated carbocycles. The Labute approximate surface area is 92.2 Å². The summed E-state index contributed by atoms with van der Waals surface area (Å²) in [7, 11) is 3.39. The Morgan fingerprint density at radius 2 is 2.20 bits per heavy atom. The first kappa shape index (κ1) is 10.1. The molecule has 0 atom stereocenters. The van der Waals surface area contributed by atoms with Gasteiger partial charge in [-0.05, 0) is 12.1 Å². The van der Waals surface area contributed by atoms with Crippen LogP contribution in [0.2, 0.25) is 5.15 Å². The number of rotatable bonds is 2. The van der Waals surface area contributed by atoms with Gasteiger partial charge in [0.05, 0.1) is 23.6 Å². The summed E-state index contributed by atoms with van der Waals surface area (Å²) in [6.45, 7) is 0. The fourth-order valence-corrected chi connectivity index (χ4v) is 1.97. The van der Waals surface area contributed by atoms with Gasteiger partial charge in [0.25, 0.3) is 0 Å². The quantitative estimate of drug-likeness (QED) is 0.733. The number of fused-ring (bicyclic) bond motifs is 1. The third-order valence-electron chi connectivity index (χ3n) is 2.49. The summed E-state index contributed by atoms with van der Waals surface area (Å²) < 4.78 is 6.97. The minimum absolute atomic E-state index is 0.435. The van der Waals surface area contributed by atoms with Crippen LogP contribution in [-0.4, -0.2) is 18.0 Å². The van der Waals surface area contributed by atoms with Crippen molar-refractivity contribution in [3.63, 3.8) is 0 Å². The van der Waals surface area contributed by atoms with Crippen LogP contribution in [0.25, 0.3) is 10.9 Å². The Morgan fingerprint density at radius 3 is 2.80 bits per heavy atom. The molecule has 0 aliphatic rings. The number of aryl methyl sites for hydroxylation is 1. The van der Waals surface area contributed by atoms with Crippen molar-refractivity contribution in [1.29, 1.82) is 0 Å². The lowest BCUT2D eigenvalue weighted by molar-refractivity contribution is 0.112. The average molecular weight is 224 g/mol. The SMILES string of the molecule is COc1cccc2c1c(C=O)c(Cl)n2C. The molecule has 1 aromatic carbocycles. The van der Waals surface area contributed by atoms with Crippen LogP contribution in [0.3, 0.4) is 0 Å². The predicted octanol–water partition coefficient (Wildman–Crippen LogP) is 2.65. The van der Waals surface area contributed by atoms with Gasteiger partial charge >= 0.3 is 0 Å². The number of hydrogen-bond donors (Lipinski definition) is 0. The van der Waals surface area contributed by atoms with Crippen molar-refractivity contribution in [1.82, 2.24) is 4.57 Å². The van der Waals surface area contributed by atoms with E-state index >= 15 is 0 Å². The molecule has 0 N–H and O–H groups in total. The zero-order valence-corrected chi connectivity index (χ0v) is 9.21. The number of halogens is 1. The molecule has 0 aliphatic heterocycles. The van der Waals surface area contributed by atoms with E-state index in [2.05, 4.69) is 0 Å². The number of nitrogens with zero attached hydrogens (tertiary/aromatic N) is 1. The second-order valence-corrected chi connectivity index (χ2v) is 3.59. The lowest BCUT2D eigenvalue weighted by Crippen LogP contribution is -1.87. The lowest BCUT2D eigenvalue weighted by atomic mass is 10.2. The summed E-state index contributed by atoms with van der Waals surface area (Å²) in [6, 6.07) is 5.58. The van der Waals surface area contributed by atoms with E-state index in [9.17, 15) is 4.79 Å². The first-order valence-corrected chi connectivity index (χ1v) is 4.84. The van der Waals surface area contributed by atoms with Crippen molar-refractivity contribution >= 4 is 28.8 Å². The average Bonchev–Trinajstić information content (AvgIpc) is 2.52. The summed E-state index contributed by atoms with van der Waals surface area (Å²) in [5, 5.41) is 1.20. The fraction of sp³-hybridized carbons (Fsp3) is 0.182. The van der Waals surface area contributed by atoms with Crippen LogP contribution in [-0.2, 0) is 7.05 Å². The Balaban J connectivity index is 2.97. The van der Waals surface area contributed by atoms with E-state index in [4.69, 9.17) is 16.3 Å². The summed E-state index contributed by atoms with van der Waals surface area (Å²) in [5.41, 5.74) is 1.37. The minimum atomic E-state index is 0.435. The number of ether oxygens (including phenoxy) is 1. The molecule has 1 aromatic heterocycles. The number of aldehydes is 1. The molecule has 0 aliphatic carbocycles. The molecular formula is C11H10ClNO2. The summed E-state index contributed by atoms with van der Waals surface area (Å²) in [6.07, 6.45) is 0.757. The van der Waals surface area contributed by atoms with Gasteiger partial charge in [-0.3, -0.25) is 4.79 Å². The molecule has 15 heavy (non-hydrogen) atoms. The molecule has 0 unspecified atom stereocenters. The van der Waals surface area contributed by atoms with Crippen molar-refractivity contribution in [3.8, 4) is 5.75 Å². The van der Waals surface area contributed by atoms with E-state index in [1.54, 1.807) is 11.7 Å². The lowest BCUT2D eigenvalue weighted by Gasteiger charge is -2.02. The number of hydrogen-bond acceptors (Lipinski definition) is 2. The van der Waals surface area contributed by atoms with Crippen molar-refractivity contribution in [3.05, 3.63) is 28.9 Å². The zero-order valence-electron chi connectivity index (χ0n) is 8.45. The van der Waals surface area contributed by atoms with Crippen LogP contribution in [0.15, 0.2) is 18.2 Å². The van der Waals surface area contributed by atoms with Gasteiger partial charge in [-0.2, -0.15) is 0 Å². The van der Waals surface area contributed by atoms with Crippen LogP contribution >= 0.6 is 11.6 Å². The van der Waals surface area contributed by atoms with Gasteiger partial charge in [0, 0.05) is 7.05 Å². The molecule has 0 radical (unpaired) electrons. The number of carbonyl (C=O) groups excluding carboxylic acids is 1. The maximum absolute atomic E-state index is 11.0. The van der Waals surface area contributed by atoms with Crippen molar-refractivity contribution in [2.75, 3.05) is 7.11 Å². The van der Waals surface area contributed by atoms with Gasteiger partial charge in [-0.25, -0.2) is 0 Å². The Hall–Kier alpha value is -1.48. The number of aromatic nitrogens is 1. The molecule has 78 valence electrons. The van der Waals surface area contributed by atoms with Crippen LogP contribution in [0.1, 0.15) is 10.4 Å². The maximum Gasteiger partial charge on any atom is 0.153 e. The highest BCUT2D eigenvalue weighted by Gasteiger charge is 2.15. The molecule has 0 fully saturated rings. The van der Waals surface area contributed by atoms with Gasteiger partial charge < -0.3 is 9.30 Å². The smallest absolute Gasteiger partial charge is 0.153 e. The third-order valence-corrected chi connectivity index (χ3v) is 2.95. The van der Waals surface area contributed by atoms with Gasteiger partial charge in [-0.15, -0.1) is 0 Å². The Morgan fingerprint density at radius 1 is 1.47 bits per heavy atom. The summed E-state index contributed by atoms with van der Waals surface area (Å²) >= 11 is 6.04. The summed E-state index contributed by atoms with van der Waals surface area (Å²) in [4.78, 5) is 11.0. The molecule has 0 bridgehead atoms. The van der Waals surface area contributed by atoms with Crippen molar-refractivity contribution in [2.24, 2.45) is 7.05 Å². The number of carbonyl (C=O) groups is 1. The molecule has 0 saturated heterocycles. The zero-order chi connectivity index (χ0) is 11.0. The molecule has 2 aromatic rings. The van der Waals surface area contributed by atoms with E-state index in [1.807, 2.05) is 25.2 Å². The molecule has 0 amide bonds. The van der Waals surface area contributed by atoms with E-state index in [1.165, 1.54) is 0 Å². The molecule has 0 spiro atoms. The molecular weight excluding hydrogens is 214 g/mol. The van der Waals surface area contributed by atoms with E-state index < -0.39 is 0 Å². The third kappa shape index (κ3) is 1.31. The van der Waals surface area contributed by atoms with Crippen molar-refractivity contribution < 1.29 is 9.53 Å². The van der Waals surface area contributed by atoms with E-state index in [0.717, 1.165) is 17.2 Å². The van der Waals surface area contributed by atoms with Crippen LogP contribution in [0.4, 0.5) is 0 Å². The number of benzene rings is 1. The fourth-order valence-electron chi connectivity index (χ4n) is 1.74. The largest absolute Gasteiger partial charge is 0.496 e. The van der Waals surface area contributed by atoms with Crippen LogP contribution in [0, 0.1) is 0 Å². The van der Waals surface area contributed by atoms with Gasteiger partial charge in [0.15, 0.2) is 6.29 Å². The highest BCUT2D eigenvalue weighted by Crippen LogP contribution is 2.34. The Kier molecular flexibility index (Phi) is 2.40. The van der Waals surface area contributed by atoms with Crippen LogP contribution < -0.4 is 4.74 Å². The van der Waals surface area contributed by atoms with Gasteiger partial charge in [-0.1, -0.05) is 17.7 Å². The standard InChI is InChI=1S/C11H10ClNO2/c1-13-8-4-3-5-9(15-2)10(8)7(6-14)11(13)12/h3-6H,1-2H3. The normalized spacial score (nSPS) is 10.6. The summed E-state index contributed by atoms with van der Waals surface area (Å²) in [5.74, 6) is 0.664. The van der Waals surface area contributed by atoms with Gasteiger partial charge in [0.2, 0.25) is 0 Å². The highest BCUT2D eigenvalue weighted by atomic mass is 35.5. The highest BCUT2D eigenvalue weighted by molar-refractivity contribution is 6.34. The Bertz CT molecular complexity index is 531. The first-order valence-electron chi connectivity index (χ1n) is 4.46. The van der Waals surface area contributed by atoms with Crippen LogP contribution in [0.5, 0.6) is 5.75 Å². The molecule has 1 heterocycles. The minimum Gasteiger partial charge on any atom is -0.496 e. The van der Waals surface area contributed by atoms with E-state index in [-0.39, 0.29) is 0 Å². The monoisotopic (exact) mass is 223 g/mol. The predicted molar refractivity (Wildman–Crippen MR) is 59.9 cm³/mol.